The molecular weight excluding hydrogens is 188 g/mol. The van der Waals surface area contributed by atoms with Crippen LogP contribution in [0.3, 0.4) is 0 Å². The number of halogens is 2. The van der Waals surface area contributed by atoms with E-state index in [-0.39, 0.29) is 6.04 Å². The van der Waals surface area contributed by atoms with Crippen LogP contribution in [0, 0.1) is 0 Å². The van der Waals surface area contributed by atoms with Crippen LogP contribution < -0.4 is 5.73 Å². The van der Waals surface area contributed by atoms with Gasteiger partial charge in [-0.1, -0.05) is 6.58 Å². The highest BCUT2D eigenvalue weighted by Gasteiger charge is 2.13. The molecule has 78 valence electrons. The number of rotatable bonds is 2. The van der Waals surface area contributed by atoms with Gasteiger partial charge in [0.1, 0.15) is 11.7 Å². The van der Waals surface area contributed by atoms with Gasteiger partial charge in [0.05, 0.1) is 13.2 Å². The lowest BCUT2D eigenvalue weighted by atomic mass is 10.1. The third kappa shape index (κ3) is 3.81. The molecule has 0 aromatic rings. The van der Waals surface area contributed by atoms with Crippen molar-refractivity contribution >= 4 is 0 Å². The first-order valence-corrected chi connectivity index (χ1v) is 4.32. The maximum atomic E-state index is 13.0. The normalized spacial score (nSPS) is 26.6. The highest BCUT2D eigenvalue weighted by atomic mass is 19.1. The molecule has 1 atom stereocenters. The van der Waals surface area contributed by atoms with Crippen molar-refractivity contribution in [2.45, 2.75) is 12.5 Å². The summed E-state index contributed by atoms with van der Waals surface area (Å²) in [5.74, 6) is -1.47. The minimum Gasteiger partial charge on any atom is -0.375 e. The van der Waals surface area contributed by atoms with E-state index in [0.29, 0.717) is 19.6 Å². The Hall–Kier alpha value is -1.00. The van der Waals surface area contributed by atoms with Gasteiger partial charge < -0.3 is 10.5 Å². The van der Waals surface area contributed by atoms with Crippen LogP contribution >= 0.6 is 0 Å². The van der Waals surface area contributed by atoms with Gasteiger partial charge >= 0.3 is 0 Å². The van der Waals surface area contributed by atoms with Gasteiger partial charge in [-0.2, -0.15) is 0 Å². The predicted octanol–water partition coefficient (Wildman–Crippen LogP) is 2.00. The van der Waals surface area contributed by atoms with Crippen LogP contribution in [0.2, 0.25) is 0 Å². The van der Waals surface area contributed by atoms with Crippen molar-refractivity contribution in [2.24, 2.45) is 5.73 Å². The lowest BCUT2D eigenvalue weighted by Crippen LogP contribution is -2.32. The molecule has 0 bridgehead atoms. The topological polar surface area (TPSA) is 35.2 Å². The van der Waals surface area contributed by atoms with Gasteiger partial charge in [-0.25, -0.2) is 8.78 Å². The van der Waals surface area contributed by atoms with Gasteiger partial charge in [-0.3, -0.25) is 0 Å². The number of hydrogen-bond donors (Lipinski definition) is 1. The van der Waals surface area contributed by atoms with Crippen molar-refractivity contribution in [3.05, 3.63) is 36.0 Å². The minimum atomic E-state index is -0.805. The Morgan fingerprint density at radius 2 is 2.29 bits per heavy atom. The standard InChI is InChI=1S/C10H13F2NO/c1-7(11)2-9(12)3-8-4-10(13)6-14-5-8/h2-3,10H,1,4-6,13H2/b8-3-,9-2+/t10-/m1/s1. The molecular formula is C10H13F2NO. The van der Waals surface area contributed by atoms with Crippen molar-refractivity contribution in [3.63, 3.8) is 0 Å². The van der Waals surface area contributed by atoms with Crippen molar-refractivity contribution < 1.29 is 13.5 Å². The van der Waals surface area contributed by atoms with E-state index in [0.717, 1.165) is 11.6 Å². The quantitative estimate of drug-likeness (QED) is 0.693. The lowest BCUT2D eigenvalue weighted by Gasteiger charge is -2.20. The van der Waals surface area contributed by atoms with E-state index in [4.69, 9.17) is 10.5 Å². The SMILES string of the molecule is C=C(F)/C=C(F)\C=C1/COC[C@H](N)C1. The summed E-state index contributed by atoms with van der Waals surface area (Å²) in [6, 6.07) is -0.101. The van der Waals surface area contributed by atoms with Gasteiger partial charge in [-0.15, -0.1) is 0 Å². The van der Waals surface area contributed by atoms with Crippen LogP contribution in [0.25, 0.3) is 0 Å². The second kappa shape index (κ2) is 5.02. The first-order valence-electron chi connectivity index (χ1n) is 4.32. The van der Waals surface area contributed by atoms with Crippen LogP contribution in [0.15, 0.2) is 36.0 Å². The van der Waals surface area contributed by atoms with Crippen LogP contribution in [-0.4, -0.2) is 19.3 Å². The van der Waals surface area contributed by atoms with Crippen LogP contribution in [0.5, 0.6) is 0 Å². The average molecular weight is 201 g/mol. The molecule has 0 unspecified atom stereocenters. The molecule has 0 radical (unpaired) electrons. The Labute approximate surface area is 81.7 Å². The molecule has 2 N–H and O–H groups in total. The summed E-state index contributed by atoms with van der Waals surface area (Å²) >= 11 is 0. The Morgan fingerprint density at radius 3 is 2.86 bits per heavy atom. The molecule has 4 heteroatoms. The van der Waals surface area contributed by atoms with Crippen molar-refractivity contribution in [1.82, 2.24) is 0 Å². The summed E-state index contributed by atoms with van der Waals surface area (Å²) in [6.07, 6.45) is 2.55. The van der Waals surface area contributed by atoms with Gasteiger partial charge in [-0.05, 0) is 18.1 Å². The molecule has 0 aliphatic carbocycles. The lowest BCUT2D eigenvalue weighted by molar-refractivity contribution is 0.115. The van der Waals surface area contributed by atoms with Crippen molar-refractivity contribution in [1.29, 1.82) is 0 Å². The number of ether oxygens (including phenoxy) is 1. The van der Waals surface area contributed by atoms with E-state index in [1.54, 1.807) is 0 Å². The molecule has 1 rings (SSSR count). The Balaban J connectivity index is 2.62. The zero-order chi connectivity index (χ0) is 10.6. The number of nitrogens with two attached hydrogens (primary N) is 1. The van der Waals surface area contributed by atoms with Crippen LogP contribution in [-0.2, 0) is 4.74 Å². The molecule has 1 fully saturated rings. The average Bonchev–Trinajstić information content (AvgIpc) is 2.01. The molecule has 0 amide bonds. The zero-order valence-electron chi connectivity index (χ0n) is 7.80. The van der Waals surface area contributed by atoms with Gasteiger partial charge in [0.15, 0.2) is 0 Å². The van der Waals surface area contributed by atoms with E-state index in [1.165, 1.54) is 6.08 Å². The highest BCUT2D eigenvalue weighted by Crippen LogP contribution is 2.15. The summed E-state index contributed by atoms with van der Waals surface area (Å²) < 4.78 is 30.2. The third-order valence-electron chi connectivity index (χ3n) is 1.78. The van der Waals surface area contributed by atoms with Crippen LogP contribution in [0.1, 0.15) is 6.42 Å². The molecule has 2 nitrogen and oxygen atoms in total. The zero-order valence-corrected chi connectivity index (χ0v) is 7.80. The fourth-order valence-corrected chi connectivity index (χ4v) is 1.28. The summed E-state index contributed by atoms with van der Waals surface area (Å²) in [5.41, 5.74) is 6.34. The first kappa shape index (κ1) is 11.1. The van der Waals surface area contributed by atoms with Crippen molar-refractivity contribution in [3.8, 4) is 0 Å². The second-order valence-corrected chi connectivity index (χ2v) is 3.26. The van der Waals surface area contributed by atoms with E-state index < -0.39 is 11.7 Å². The number of allylic oxidation sites excluding steroid dienone is 4. The second-order valence-electron chi connectivity index (χ2n) is 3.26. The van der Waals surface area contributed by atoms with E-state index in [2.05, 4.69) is 6.58 Å². The number of hydrogen-bond acceptors (Lipinski definition) is 2. The molecule has 14 heavy (non-hydrogen) atoms. The fraction of sp³-hybridized carbons (Fsp3) is 0.400. The predicted molar refractivity (Wildman–Crippen MR) is 50.9 cm³/mol. The molecule has 1 saturated heterocycles. The van der Waals surface area contributed by atoms with Crippen molar-refractivity contribution in [2.75, 3.05) is 13.2 Å². The molecule has 1 heterocycles. The fourth-order valence-electron chi connectivity index (χ4n) is 1.28. The maximum absolute atomic E-state index is 13.0. The van der Waals surface area contributed by atoms with Gasteiger partial charge in [0.2, 0.25) is 0 Å². The minimum absolute atomic E-state index is 0.101. The van der Waals surface area contributed by atoms with Gasteiger partial charge in [0, 0.05) is 12.1 Å². The Morgan fingerprint density at radius 1 is 1.57 bits per heavy atom. The van der Waals surface area contributed by atoms with Gasteiger partial charge in [0.25, 0.3) is 0 Å². The Kier molecular flexibility index (Phi) is 3.98. The molecule has 0 aromatic carbocycles. The Bertz CT molecular complexity index is 284. The summed E-state index contributed by atoms with van der Waals surface area (Å²) in [7, 11) is 0. The summed E-state index contributed by atoms with van der Waals surface area (Å²) in [6.45, 7) is 3.77. The molecule has 1 aliphatic heterocycles. The smallest absolute Gasteiger partial charge is 0.126 e. The van der Waals surface area contributed by atoms with E-state index in [1.807, 2.05) is 0 Å². The van der Waals surface area contributed by atoms with E-state index in [9.17, 15) is 8.78 Å². The summed E-state index contributed by atoms with van der Waals surface area (Å²) in [4.78, 5) is 0. The largest absolute Gasteiger partial charge is 0.375 e. The summed E-state index contributed by atoms with van der Waals surface area (Å²) in [5, 5.41) is 0. The van der Waals surface area contributed by atoms with Crippen LogP contribution in [0.4, 0.5) is 8.78 Å². The monoisotopic (exact) mass is 201 g/mol. The molecule has 0 spiro atoms. The van der Waals surface area contributed by atoms with E-state index >= 15 is 0 Å². The maximum Gasteiger partial charge on any atom is 0.126 e. The molecule has 1 aliphatic rings. The first-order chi connectivity index (χ1) is 6.58. The molecule has 0 aromatic heterocycles. The molecule has 0 saturated carbocycles. The third-order valence-corrected chi connectivity index (χ3v) is 1.78. The highest BCUT2D eigenvalue weighted by molar-refractivity contribution is 5.24.